The first-order chi connectivity index (χ1) is 11.0. The maximum absolute atomic E-state index is 12.6. The summed E-state index contributed by atoms with van der Waals surface area (Å²) in [5.74, 6) is 0.298. The van der Waals surface area contributed by atoms with Gasteiger partial charge in [0.05, 0.1) is 19.2 Å². The first kappa shape index (κ1) is 17.3. The van der Waals surface area contributed by atoms with Gasteiger partial charge in [0.15, 0.2) is 0 Å². The number of hydrogen-bond acceptors (Lipinski definition) is 4. The molecule has 0 aromatic heterocycles. The third-order valence-corrected chi connectivity index (χ3v) is 4.28. The van der Waals surface area contributed by atoms with Crippen molar-refractivity contribution < 1.29 is 14.3 Å². The molecule has 1 aromatic carbocycles. The summed E-state index contributed by atoms with van der Waals surface area (Å²) in [6.07, 6.45) is 3.32. The Morgan fingerprint density at radius 1 is 1.35 bits per heavy atom. The van der Waals surface area contributed by atoms with E-state index in [4.69, 9.17) is 10.5 Å². The third-order valence-electron chi connectivity index (χ3n) is 4.28. The Labute approximate surface area is 137 Å². The second-order valence-electron chi connectivity index (χ2n) is 5.96. The molecule has 0 heterocycles. The SMILES string of the molecule is CCN(CC(=O)Nc1cccc(OC)c1)C(=O)C1(N)CCCC1. The van der Waals surface area contributed by atoms with Gasteiger partial charge in [-0.25, -0.2) is 0 Å². The van der Waals surface area contributed by atoms with Crippen LogP contribution in [0.25, 0.3) is 0 Å². The van der Waals surface area contributed by atoms with Gasteiger partial charge in [-0.1, -0.05) is 18.9 Å². The van der Waals surface area contributed by atoms with E-state index >= 15 is 0 Å². The minimum Gasteiger partial charge on any atom is -0.497 e. The number of anilines is 1. The van der Waals surface area contributed by atoms with Gasteiger partial charge in [0.1, 0.15) is 5.75 Å². The molecule has 126 valence electrons. The molecule has 0 radical (unpaired) electrons. The standard InChI is InChI=1S/C17H25N3O3/c1-3-20(16(22)17(18)9-4-5-10-17)12-15(21)19-13-7-6-8-14(11-13)23-2/h6-8,11H,3-5,9-10,12,18H2,1-2H3,(H,19,21). The fourth-order valence-electron chi connectivity index (χ4n) is 2.94. The molecule has 0 spiro atoms. The highest BCUT2D eigenvalue weighted by molar-refractivity contribution is 5.96. The van der Waals surface area contributed by atoms with E-state index in [1.807, 2.05) is 6.92 Å². The van der Waals surface area contributed by atoms with Gasteiger partial charge in [0.25, 0.3) is 0 Å². The zero-order valence-corrected chi connectivity index (χ0v) is 13.8. The Morgan fingerprint density at radius 2 is 2.04 bits per heavy atom. The van der Waals surface area contributed by atoms with E-state index in [1.54, 1.807) is 31.4 Å². The first-order valence-corrected chi connectivity index (χ1v) is 8.00. The van der Waals surface area contributed by atoms with Crippen molar-refractivity contribution in [2.24, 2.45) is 5.73 Å². The Balaban J connectivity index is 1.97. The molecule has 1 saturated carbocycles. The van der Waals surface area contributed by atoms with Crippen LogP contribution in [-0.4, -0.2) is 42.5 Å². The molecule has 1 aliphatic carbocycles. The second-order valence-corrected chi connectivity index (χ2v) is 5.96. The lowest BCUT2D eigenvalue weighted by Gasteiger charge is -2.30. The quantitative estimate of drug-likeness (QED) is 0.836. The molecule has 1 aliphatic rings. The Kier molecular flexibility index (Phi) is 5.60. The van der Waals surface area contributed by atoms with Crippen LogP contribution < -0.4 is 15.8 Å². The summed E-state index contributed by atoms with van der Waals surface area (Å²) in [6.45, 7) is 2.32. The smallest absolute Gasteiger partial charge is 0.243 e. The van der Waals surface area contributed by atoms with Crippen LogP contribution in [0, 0.1) is 0 Å². The Hall–Kier alpha value is -2.08. The van der Waals surface area contributed by atoms with Crippen molar-refractivity contribution >= 4 is 17.5 Å². The van der Waals surface area contributed by atoms with Crippen molar-refractivity contribution in [1.82, 2.24) is 4.90 Å². The molecule has 2 rings (SSSR count). The van der Waals surface area contributed by atoms with E-state index in [-0.39, 0.29) is 18.4 Å². The van der Waals surface area contributed by atoms with Gasteiger partial charge in [0, 0.05) is 18.3 Å². The van der Waals surface area contributed by atoms with Crippen molar-refractivity contribution in [3.63, 3.8) is 0 Å². The minimum atomic E-state index is -0.799. The second kappa shape index (κ2) is 7.46. The molecule has 0 aliphatic heterocycles. The average molecular weight is 319 g/mol. The normalized spacial score (nSPS) is 16.0. The van der Waals surface area contributed by atoms with Crippen LogP contribution in [0.15, 0.2) is 24.3 Å². The molecule has 0 saturated heterocycles. The molecule has 1 fully saturated rings. The van der Waals surface area contributed by atoms with Crippen LogP contribution in [-0.2, 0) is 9.59 Å². The van der Waals surface area contributed by atoms with Gasteiger partial charge in [-0.3, -0.25) is 9.59 Å². The number of methoxy groups -OCH3 is 1. The predicted octanol–water partition coefficient (Wildman–Crippen LogP) is 1.75. The lowest BCUT2D eigenvalue weighted by atomic mass is 9.97. The van der Waals surface area contributed by atoms with Gasteiger partial charge in [-0.2, -0.15) is 0 Å². The number of rotatable bonds is 6. The number of carbonyl (C=O) groups is 2. The van der Waals surface area contributed by atoms with Gasteiger partial charge < -0.3 is 20.7 Å². The maximum atomic E-state index is 12.6. The van der Waals surface area contributed by atoms with E-state index in [2.05, 4.69) is 5.32 Å². The number of ether oxygens (including phenoxy) is 1. The topological polar surface area (TPSA) is 84.7 Å². The van der Waals surface area contributed by atoms with Crippen LogP contribution in [0.4, 0.5) is 5.69 Å². The molecule has 6 nitrogen and oxygen atoms in total. The number of nitrogens with two attached hydrogens (primary N) is 1. The maximum Gasteiger partial charge on any atom is 0.243 e. The highest BCUT2D eigenvalue weighted by Crippen LogP contribution is 2.29. The molecule has 3 N–H and O–H groups in total. The Morgan fingerprint density at radius 3 is 2.65 bits per heavy atom. The van der Waals surface area contributed by atoms with Crippen LogP contribution in [0.3, 0.4) is 0 Å². The predicted molar refractivity (Wildman–Crippen MR) is 89.3 cm³/mol. The van der Waals surface area contributed by atoms with Crippen molar-refractivity contribution in [2.45, 2.75) is 38.1 Å². The van der Waals surface area contributed by atoms with E-state index in [9.17, 15) is 9.59 Å². The molecular formula is C17H25N3O3. The summed E-state index contributed by atoms with van der Waals surface area (Å²) in [6, 6.07) is 7.11. The lowest BCUT2D eigenvalue weighted by molar-refractivity contribution is -0.139. The van der Waals surface area contributed by atoms with E-state index in [0.29, 0.717) is 30.8 Å². The Bertz CT molecular complexity index is 568. The van der Waals surface area contributed by atoms with E-state index in [1.165, 1.54) is 4.90 Å². The van der Waals surface area contributed by atoms with Crippen molar-refractivity contribution in [2.75, 3.05) is 25.5 Å². The number of hydrogen-bond donors (Lipinski definition) is 2. The fourth-order valence-corrected chi connectivity index (χ4v) is 2.94. The zero-order valence-electron chi connectivity index (χ0n) is 13.8. The lowest BCUT2D eigenvalue weighted by Crippen LogP contribution is -2.55. The van der Waals surface area contributed by atoms with Crippen molar-refractivity contribution in [3.8, 4) is 5.75 Å². The number of nitrogens with zero attached hydrogens (tertiary/aromatic N) is 1. The molecule has 0 unspecified atom stereocenters. The average Bonchev–Trinajstić information content (AvgIpc) is 3.00. The largest absolute Gasteiger partial charge is 0.497 e. The van der Waals surface area contributed by atoms with Gasteiger partial charge in [0.2, 0.25) is 11.8 Å². The first-order valence-electron chi connectivity index (χ1n) is 8.00. The number of nitrogens with one attached hydrogen (secondary N) is 1. The molecule has 6 heteroatoms. The highest BCUT2D eigenvalue weighted by atomic mass is 16.5. The number of carbonyl (C=O) groups excluding carboxylic acids is 2. The number of amides is 2. The number of benzene rings is 1. The van der Waals surface area contributed by atoms with Crippen LogP contribution in [0.1, 0.15) is 32.6 Å². The molecule has 23 heavy (non-hydrogen) atoms. The molecule has 2 amide bonds. The highest BCUT2D eigenvalue weighted by Gasteiger charge is 2.39. The summed E-state index contributed by atoms with van der Waals surface area (Å²) < 4.78 is 5.13. The minimum absolute atomic E-state index is 0.00545. The zero-order chi connectivity index (χ0) is 16.9. The van der Waals surface area contributed by atoms with Gasteiger partial charge >= 0.3 is 0 Å². The summed E-state index contributed by atoms with van der Waals surface area (Å²) in [5, 5.41) is 2.79. The third kappa shape index (κ3) is 4.22. The summed E-state index contributed by atoms with van der Waals surface area (Å²) in [4.78, 5) is 26.3. The van der Waals surface area contributed by atoms with Crippen LogP contribution in [0.2, 0.25) is 0 Å². The molecule has 1 aromatic rings. The van der Waals surface area contributed by atoms with Crippen molar-refractivity contribution in [3.05, 3.63) is 24.3 Å². The van der Waals surface area contributed by atoms with E-state index in [0.717, 1.165) is 12.8 Å². The summed E-state index contributed by atoms with van der Waals surface area (Å²) in [7, 11) is 1.57. The van der Waals surface area contributed by atoms with Gasteiger partial charge in [-0.15, -0.1) is 0 Å². The van der Waals surface area contributed by atoms with Crippen LogP contribution in [0.5, 0.6) is 5.75 Å². The summed E-state index contributed by atoms with van der Waals surface area (Å²) in [5.41, 5.74) is 6.05. The van der Waals surface area contributed by atoms with Crippen molar-refractivity contribution in [1.29, 1.82) is 0 Å². The monoisotopic (exact) mass is 319 g/mol. The summed E-state index contributed by atoms with van der Waals surface area (Å²) >= 11 is 0. The van der Waals surface area contributed by atoms with Gasteiger partial charge in [-0.05, 0) is 31.9 Å². The van der Waals surface area contributed by atoms with E-state index < -0.39 is 5.54 Å². The molecule has 0 bridgehead atoms. The number of likely N-dealkylation sites (N-methyl/N-ethyl adjacent to an activating group) is 1. The fraction of sp³-hybridized carbons (Fsp3) is 0.529. The molecular weight excluding hydrogens is 294 g/mol. The van der Waals surface area contributed by atoms with Crippen LogP contribution >= 0.6 is 0 Å². The molecule has 0 atom stereocenters.